The Bertz CT molecular complexity index is 530. The molecule has 0 fully saturated rings. The third-order valence-corrected chi connectivity index (χ3v) is 2.46. The van der Waals surface area contributed by atoms with Gasteiger partial charge in [0, 0.05) is 4.91 Å². The minimum Gasteiger partial charge on any atom is -0.320 e. The van der Waals surface area contributed by atoms with Gasteiger partial charge in [0.05, 0.1) is 4.43 Å². The molecule has 1 N–H and O–H groups in total. The van der Waals surface area contributed by atoms with E-state index in [0.717, 1.165) is 0 Å². The van der Waals surface area contributed by atoms with Crippen LogP contribution >= 0.6 is 22.6 Å². The van der Waals surface area contributed by atoms with Crippen molar-refractivity contribution in [3.63, 3.8) is 0 Å². The highest BCUT2D eigenvalue weighted by Crippen LogP contribution is 2.33. The van der Waals surface area contributed by atoms with Crippen molar-refractivity contribution in [3.05, 3.63) is 33.7 Å². The van der Waals surface area contributed by atoms with Crippen LogP contribution < -0.4 is 5.32 Å². The van der Waals surface area contributed by atoms with Crippen LogP contribution in [-0.4, -0.2) is 10.3 Å². The molecule has 0 aliphatic heterocycles. The molecule has 0 aromatic heterocycles. The summed E-state index contributed by atoms with van der Waals surface area (Å²) < 4.78 is 53.0. The number of amides is 1. The predicted octanol–water partition coefficient (Wildman–Crippen LogP) is 3.56. The summed E-state index contributed by atoms with van der Waals surface area (Å²) in [5.74, 6) is -8.28. The maximum atomic E-state index is 13.3. The van der Waals surface area contributed by atoms with Crippen molar-refractivity contribution in [1.82, 2.24) is 0 Å². The molecule has 0 radical (unpaired) electrons. The zero-order valence-electron chi connectivity index (χ0n) is 8.35. The van der Waals surface area contributed by atoms with Crippen molar-refractivity contribution >= 4 is 39.9 Å². The second-order valence-electron chi connectivity index (χ2n) is 2.85. The summed E-state index contributed by atoms with van der Waals surface area (Å²) in [5, 5.41) is 4.17. The second-order valence-corrected chi connectivity index (χ2v) is 3.61. The number of benzene rings is 1. The second kappa shape index (κ2) is 5.87. The van der Waals surface area contributed by atoms with Gasteiger partial charge in [0.2, 0.25) is 5.91 Å². The van der Waals surface area contributed by atoms with Gasteiger partial charge in [0.15, 0.2) is 23.3 Å². The number of nitrogens with zero attached hydrogens (tertiary/aromatic N) is 3. The number of rotatable bonds is 3. The molecular weight excluding hydrogens is 371 g/mol. The molecule has 1 rings (SSSR count). The molecule has 5 nitrogen and oxygen atoms in total. The summed E-state index contributed by atoms with van der Waals surface area (Å²) in [4.78, 5) is 13.0. The minimum absolute atomic E-state index is 0.169. The van der Waals surface area contributed by atoms with E-state index in [1.807, 2.05) is 4.91 Å². The van der Waals surface area contributed by atoms with Crippen LogP contribution in [0.2, 0.25) is 0 Å². The lowest BCUT2D eigenvalue weighted by Crippen LogP contribution is -2.16. The van der Waals surface area contributed by atoms with Crippen molar-refractivity contribution in [2.75, 3.05) is 9.74 Å². The fourth-order valence-electron chi connectivity index (χ4n) is 1.04. The van der Waals surface area contributed by atoms with Crippen LogP contribution in [0.4, 0.5) is 28.9 Å². The molecule has 1 amide bonds. The molecule has 10 heteroatoms. The summed E-state index contributed by atoms with van der Waals surface area (Å²) in [5.41, 5.74) is 5.32. The lowest BCUT2D eigenvalue weighted by Gasteiger charge is -2.09. The number of carbonyl (C=O) groups is 1. The smallest absolute Gasteiger partial charge is 0.234 e. The molecule has 0 atom stereocenters. The van der Waals surface area contributed by atoms with Gasteiger partial charge in [-0.05, 0) is 5.53 Å². The highest BCUT2D eigenvalue weighted by molar-refractivity contribution is 14.1. The summed E-state index contributed by atoms with van der Waals surface area (Å²) in [7, 11) is 0. The quantitative estimate of drug-likeness (QED) is 0.164. The third-order valence-electron chi connectivity index (χ3n) is 1.77. The van der Waals surface area contributed by atoms with E-state index in [-0.39, 0.29) is 4.43 Å². The van der Waals surface area contributed by atoms with Crippen LogP contribution in [0.25, 0.3) is 10.4 Å². The summed E-state index contributed by atoms with van der Waals surface area (Å²) in [6, 6.07) is 0. The SMILES string of the molecule is [N-]=[N+]=Nc1c(F)c(F)c(NC(=O)CI)c(F)c1F. The first kappa shape index (κ1) is 14.5. The normalized spacial score (nSPS) is 9.83. The molecule has 18 heavy (non-hydrogen) atoms. The largest absolute Gasteiger partial charge is 0.320 e. The highest BCUT2D eigenvalue weighted by atomic mass is 127. The Morgan fingerprint density at radius 1 is 1.22 bits per heavy atom. The monoisotopic (exact) mass is 374 g/mol. The van der Waals surface area contributed by atoms with Crippen molar-refractivity contribution in [1.29, 1.82) is 0 Å². The van der Waals surface area contributed by atoms with E-state index in [9.17, 15) is 22.4 Å². The first-order valence-electron chi connectivity index (χ1n) is 4.20. The van der Waals surface area contributed by atoms with Crippen molar-refractivity contribution in [2.45, 2.75) is 0 Å². The van der Waals surface area contributed by atoms with Crippen LogP contribution in [0.5, 0.6) is 0 Å². The van der Waals surface area contributed by atoms with Gasteiger partial charge in [-0.2, -0.15) is 0 Å². The van der Waals surface area contributed by atoms with E-state index in [4.69, 9.17) is 5.53 Å². The van der Waals surface area contributed by atoms with Crippen molar-refractivity contribution < 1.29 is 22.4 Å². The molecule has 0 saturated heterocycles. The molecule has 0 unspecified atom stereocenters. The number of azide groups is 1. The standard InChI is InChI=1S/C8H3F4IN4O/c9-3-5(11)8(16-17-14)6(12)4(10)7(3)15-2(18)1-13/h1H2,(H,15,18). The molecule has 1 aromatic rings. The molecule has 0 bridgehead atoms. The van der Waals surface area contributed by atoms with E-state index >= 15 is 0 Å². The van der Waals surface area contributed by atoms with Gasteiger partial charge in [0.25, 0.3) is 0 Å². The Labute approximate surface area is 111 Å². The van der Waals surface area contributed by atoms with Crippen LogP contribution in [0, 0.1) is 23.3 Å². The summed E-state index contributed by atoms with van der Waals surface area (Å²) >= 11 is 1.59. The van der Waals surface area contributed by atoms with Gasteiger partial charge in [-0.15, -0.1) is 0 Å². The summed E-state index contributed by atoms with van der Waals surface area (Å²) in [6.45, 7) is 0. The Balaban J connectivity index is 3.47. The van der Waals surface area contributed by atoms with Crippen molar-refractivity contribution in [3.8, 4) is 0 Å². The molecule has 96 valence electrons. The number of hydrogen-bond donors (Lipinski definition) is 1. The van der Waals surface area contributed by atoms with Gasteiger partial charge in [-0.1, -0.05) is 27.7 Å². The molecule has 0 saturated carbocycles. The molecule has 0 heterocycles. The zero-order chi connectivity index (χ0) is 13.9. The molecule has 0 spiro atoms. The maximum Gasteiger partial charge on any atom is 0.234 e. The van der Waals surface area contributed by atoms with E-state index in [2.05, 4.69) is 5.11 Å². The Morgan fingerprint density at radius 3 is 2.11 bits per heavy atom. The fourth-order valence-corrected chi connectivity index (χ4v) is 1.23. The van der Waals surface area contributed by atoms with Crippen molar-refractivity contribution in [2.24, 2.45) is 5.11 Å². The van der Waals surface area contributed by atoms with Crippen LogP contribution in [0.3, 0.4) is 0 Å². The van der Waals surface area contributed by atoms with E-state index < -0.39 is 40.6 Å². The van der Waals surface area contributed by atoms with Gasteiger partial charge >= 0.3 is 0 Å². The van der Waals surface area contributed by atoms with Gasteiger partial charge in [0.1, 0.15) is 11.4 Å². The van der Waals surface area contributed by atoms with E-state index in [1.165, 1.54) is 0 Å². The molecule has 0 aliphatic carbocycles. The lowest BCUT2D eigenvalue weighted by molar-refractivity contribution is -0.113. The minimum atomic E-state index is -1.88. The number of carbonyl (C=O) groups excluding carboxylic acids is 1. The summed E-state index contributed by atoms with van der Waals surface area (Å²) in [6.07, 6.45) is 0. The van der Waals surface area contributed by atoms with Crippen LogP contribution in [0.15, 0.2) is 5.11 Å². The van der Waals surface area contributed by atoms with E-state index in [0.29, 0.717) is 0 Å². The van der Waals surface area contributed by atoms with Crippen LogP contribution in [-0.2, 0) is 4.79 Å². The number of nitrogens with one attached hydrogen (secondary N) is 1. The molecule has 0 aliphatic rings. The lowest BCUT2D eigenvalue weighted by atomic mass is 10.2. The number of alkyl halides is 1. The highest BCUT2D eigenvalue weighted by Gasteiger charge is 2.25. The maximum absolute atomic E-state index is 13.3. The van der Waals surface area contributed by atoms with E-state index in [1.54, 1.807) is 27.9 Å². The third kappa shape index (κ3) is 2.64. The first-order chi connectivity index (χ1) is 8.43. The Hall–Kier alpha value is -1.55. The average molecular weight is 374 g/mol. The van der Waals surface area contributed by atoms with Gasteiger partial charge < -0.3 is 5.32 Å². The Kier molecular flexibility index (Phi) is 4.73. The van der Waals surface area contributed by atoms with Crippen LogP contribution in [0.1, 0.15) is 0 Å². The predicted molar refractivity (Wildman–Crippen MR) is 62.6 cm³/mol. The Morgan fingerprint density at radius 2 is 1.72 bits per heavy atom. The first-order valence-corrected chi connectivity index (χ1v) is 5.73. The topological polar surface area (TPSA) is 77.9 Å². The fraction of sp³-hybridized carbons (Fsp3) is 0.125. The molecule has 1 aromatic carbocycles. The number of hydrogen-bond acceptors (Lipinski definition) is 2. The number of halogens is 5. The molecular formula is C8H3F4IN4O. The van der Waals surface area contributed by atoms with Gasteiger partial charge in [-0.25, -0.2) is 17.6 Å². The number of anilines is 1. The average Bonchev–Trinajstić information content (AvgIpc) is 2.37. The van der Waals surface area contributed by atoms with Gasteiger partial charge in [-0.3, -0.25) is 4.79 Å². The zero-order valence-corrected chi connectivity index (χ0v) is 10.5.